The normalized spacial score (nSPS) is 11.6. The van der Waals surface area contributed by atoms with E-state index >= 15 is 0 Å². The first kappa shape index (κ1) is 20.0. The molecule has 0 bridgehead atoms. The molecule has 6 nitrogen and oxygen atoms in total. The van der Waals surface area contributed by atoms with Crippen LogP contribution in [0.4, 0.5) is 0 Å². The molecule has 0 atom stereocenters. The van der Waals surface area contributed by atoms with E-state index in [-0.39, 0.29) is 5.82 Å². The van der Waals surface area contributed by atoms with E-state index in [9.17, 15) is 4.79 Å². The Hall–Kier alpha value is -4.32. The molecule has 1 amide bonds. The van der Waals surface area contributed by atoms with Crippen LogP contribution >= 0.6 is 0 Å². The van der Waals surface area contributed by atoms with Gasteiger partial charge in [-0.15, -0.1) is 5.10 Å². The Kier molecular flexibility index (Phi) is 6.09. The molecule has 0 saturated heterocycles. The van der Waals surface area contributed by atoms with Crippen molar-refractivity contribution in [1.29, 1.82) is 0 Å². The zero-order valence-corrected chi connectivity index (χ0v) is 17.0. The largest absolute Gasteiger partial charge is 0.311 e. The lowest BCUT2D eigenvalue weighted by Crippen LogP contribution is -2.19. The number of hydrogen-bond donors (Lipinski definition) is 1. The number of nitrogens with one attached hydrogen (secondary N) is 1. The highest BCUT2D eigenvalue weighted by molar-refractivity contribution is 5.92. The number of para-hydroxylation sites is 1. The molecule has 0 aliphatic rings. The number of hydrazone groups is 1. The molecule has 0 aliphatic heterocycles. The Morgan fingerprint density at radius 1 is 0.903 bits per heavy atom. The number of rotatable bonds is 6. The van der Waals surface area contributed by atoms with Gasteiger partial charge in [0.15, 0.2) is 5.82 Å². The zero-order valence-electron chi connectivity index (χ0n) is 17.0. The Morgan fingerprint density at radius 2 is 1.52 bits per heavy atom. The molecule has 31 heavy (non-hydrogen) atoms. The minimum atomic E-state index is -0.476. The maximum atomic E-state index is 12.6. The van der Waals surface area contributed by atoms with Crippen LogP contribution in [-0.4, -0.2) is 26.9 Å². The Balaban J connectivity index is 1.56. The lowest BCUT2D eigenvalue weighted by molar-refractivity contribution is 0.0945. The summed E-state index contributed by atoms with van der Waals surface area (Å²) < 4.78 is 1.66. The van der Waals surface area contributed by atoms with E-state index in [0.29, 0.717) is 5.82 Å². The molecular weight excluding hydrogens is 386 g/mol. The first-order valence-electron chi connectivity index (χ1n) is 9.85. The van der Waals surface area contributed by atoms with Crippen LogP contribution < -0.4 is 5.43 Å². The van der Waals surface area contributed by atoms with Crippen molar-refractivity contribution in [3.63, 3.8) is 0 Å². The average Bonchev–Trinajstić information content (AvgIpc) is 3.27. The van der Waals surface area contributed by atoms with Gasteiger partial charge in [0.05, 0.1) is 11.9 Å². The van der Waals surface area contributed by atoms with Gasteiger partial charge in [-0.25, -0.2) is 15.1 Å². The molecule has 0 saturated carbocycles. The first-order valence-corrected chi connectivity index (χ1v) is 9.85. The zero-order chi connectivity index (χ0) is 21.5. The lowest BCUT2D eigenvalue weighted by atomic mass is 10.1. The van der Waals surface area contributed by atoms with Crippen molar-refractivity contribution in [3.8, 4) is 17.1 Å². The molecule has 1 aromatic heterocycles. The van der Waals surface area contributed by atoms with Gasteiger partial charge in [0, 0.05) is 5.56 Å². The third kappa shape index (κ3) is 5.00. The SMILES string of the molecule is CC(/C=N\NC(=O)c1nc(-c2ccccc2)n(-c2ccccc2)n1)=C\c1ccccc1. The van der Waals surface area contributed by atoms with Gasteiger partial charge < -0.3 is 0 Å². The standard InChI is InChI=1S/C25H21N5O/c1-19(17-20-11-5-2-6-12-20)18-26-28-25(31)23-27-24(21-13-7-3-8-14-21)30(29-23)22-15-9-4-10-16-22/h2-18H,1H3,(H,28,31)/b19-17+,26-18-. The average molecular weight is 407 g/mol. The smallest absolute Gasteiger partial charge is 0.264 e. The van der Waals surface area contributed by atoms with Crippen molar-refractivity contribution >= 4 is 18.2 Å². The van der Waals surface area contributed by atoms with E-state index in [0.717, 1.165) is 22.4 Å². The molecule has 0 aliphatic carbocycles. The van der Waals surface area contributed by atoms with E-state index in [4.69, 9.17) is 0 Å². The van der Waals surface area contributed by atoms with Gasteiger partial charge in [-0.2, -0.15) is 5.10 Å². The molecule has 4 rings (SSSR count). The van der Waals surface area contributed by atoms with Crippen molar-refractivity contribution < 1.29 is 4.79 Å². The topological polar surface area (TPSA) is 72.2 Å². The van der Waals surface area contributed by atoms with Crippen molar-refractivity contribution in [1.82, 2.24) is 20.2 Å². The third-order valence-corrected chi connectivity index (χ3v) is 4.47. The van der Waals surface area contributed by atoms with Crippen LogP contribution in [0.2, 0.25) is 0 Å². The highest BCUT2D eigenvalue weighted by atomic mass is 16.2. The summed E-state index contributed by atoms with van der Waals surface area (Å²) in [5, 5.41) is 8.47. The number of amides is 1. The fourth-order valence-corrected chi connectivity index (χ4v) is 3.02. The second kappa shape index (κ2) is 9.45. The van der Waals surface area contributed by atoms with Crippen molar-refractivity contribution in [2.75, 3.05) is 0 Å². The van der Waals surface area contributed by atoms with E-state index in [1.165, 1.54) is 0 Å². The molecule has 4 aromatic rings. The maximum Gasteiger partial charge on any atom is 0.311 e. The number of nitrogens with zero attached hydrogens (tertiary/aromatic N) is 4. The van der Waals surface area contributed by atoms with Gasteiger partial charge in [-0.3, -0.25) is 4.79 Å². The molecule has 3 aromatic carbocycles. The molecule has 6 heteroatoms. The molecule has 1 heterocycles. The number of aromatic nitrogens is 3. The van der Waals surface area contributed by atoms with Gasteiger partial charge in [0.1, 0.15) is 0 Å². The van der Waals surface area contributed by atoms with Crippen LogP contribution in [0.3, 0.4) is 0 Å². The highest BCUT2D eigenvalue weighted by Crippen LogP contribution is 2.20. The molecule has 0 radical (unpaired) electrons. The molecule has 0 unspecified atom stereocenters. The fourth-order valence-electron chi connectivity index (χ4n) is 3.02. The first-order chi connectivity index (χ1) is 15.2. The maximum absolute atomic E-state index is 12.6. The van der Waals surface area contributed by atoms with Crippen LogP contribution in [0.25, 0.3) is 23.2 Å². The van der Waals surface area contributed by atoms with Crippen LogP contribution in [-0.2, 0) is 0 Å². The Morgan fingerprint density at radius 3 is 2.19 bits per heavy atom. The summed E-state index contributed by atoms with van der Waals surface area (Å²) in [7, 11) is 0. The predicted octanol–water partition coefficient (Wildman–Crippen LogP) is 4.75. The minimum Gasteiger partial charge on any atom is -0.264 e. The van der Waals surface area contributed by atoms with Crippen LogP contribution in [0.1, 0.15) is 23.1 Å². The van der Waals surface area contributed by atoms with Gasteiger partial charge in [0.25, 0.3) is 0 Å². The summed E-state index contributed by atoms with van der Waals surface area (Å²) in [5.74, 6) is 0.154. The van der Waals surface area contributed by atoms with Gasteiger partial charge in [-0.1, -0.05) is 84.9 Å². The second-order valence-electron chi connectivity index (χ2n) is 6.87. The van der Waals surface area contributed by atoms with Gasteiger partial charge >= 0.3 is 5.91 Å². The van der Waals surface area contributed by atoms with E-state index in [1.807, 2.05) is 104 Å². The molecule has 0 spiro atoms. The third-order valence-electron chi connectivity index (χ3n) is 4.47. The molecule has 1 N–H and O–H groups in total. The van der Waals surface area contributed by atoms with E-state index in [2.05, 4.69) is 20.6 Å². The van der Waals surface area contributed by atoms with Crippen LogP contribution in [0.5, 0.6) is 0 Å². The number of benzene rings is 3. The minimum absolute atomic E-state index is 0.0459. The Labute approximate surface area is 180 Å². The quantitative estimate of drug-likeness (QED) is 0.370. The second-order valence-corrected chi connectivity index (χ2v) is 6.87. The summed E-state index contributed by atoms with van der Waals surface area (Å²) in [6, 6.07) is 29.1. The molecular formula is C25H21N5O. The lowest BCUT2D eigenvalue weighted by Gasteiger charge is -2.05. The number of hydrogen-bond acceptors (Lipinski definition) is 4. The van der Waals surface area contributed by atoms with E-state index in [1.54, 1.807) is 10.9 Å². The summed E-state index contributed by atoms with van der Waals surface area (Å²) in [6.07, 6.45) is 3.57. The number of carbonyl (C=O) groups is 1. The summed E-state index contributed by atoms with van der Waals surface area (Å²) in [4.78, 5) is 17.1. The van der Waals surface area contributed by atoms with E-state index < -0.39 is 5.91 Å². The summed E-state index contributed by atoms with van der Waals surface area (Å²) in [6.45, 7) is 1.92. The predicted molar refractivity (Wildman–Crippen MR) is 123 cm³/mol. The van der Waals surface area contributed by atoms with Crippen LogP contribution in [0.15, 0.2) is 102 Å². The molecule has 0 fully saturated rings. The summed E-state index contributed by atoms with van der Waals surface area (Å²) in [5.41, 5.74) is 6.16. The fraction of sp³-hybridized carbons (Fsp3) is 0.0400. The van der Waals surface area contributed by atoms with Crippen LogP contribution in [0, 0.1) is 0 Å². The number of allylic oxidation sites excluding steroid dienone is 1. The Bertz CT molecular complexity index is 1160. The monoisotopic (exact) mass is 407 g/mol. The summed E-state index contributed by atoms with van der Waals surface area (Å²) >= 11 is 0. The van der Waals surface area contributed by atoms with Crippen molar-refractivity contribution in [2.24, 2.45) is 5.10 Å². The van der Waals surface area contributed by atoms with Crippen molar-refractivity contribution in [2.45, 2.75) is 6.92 Å². The molecule has 152 valence electrons. The van der Waals surface area contributed by atoms with Crippen molar-refractivity contribution in [3.05, 3.63) is 108 Å². The van der Waals surface area contributed by atoms with Gasteiger partial charge in [-0.05, 0) is 30.2 Å². The highest BCUT2D eigenvalue weighted by Gasteiger charge is 2.18. The number of carbonyl (C=O) groups excluding carboxylic acids is 1. The van der Waals surface area contributed by atoms with Gasteiger partial charge in [0.2, 0.25) is 5.82 Å².